The van der Waals surface area contributed by atoms with Crippen LogP contribution in [0.5, 0.6) is 5.75 Å². The van der Waals surface area contributed by atoms with Gasteiger partial charge in [0.25, 0.3) is 5.91 Å². The Morgan fingerprint density at radius 2 is 1.84 bits per heavy atom. The van der Waals surface area contributed by atoms with Crippen molar-refractivity contribution in [2.45, 2.75) is 45.3 Å². The van der Waals surface area contributed by atoms with Crippen molar-refractivity contribution in [2.24, 2.45) is 5.92 Å². The van der Waals surface area contributed by atoms with Crippen molar-refractivity contribution in [3.63, 3.8) is 0 Å². The minimum atomic E-state index is -1.02. The van der Waals surface area contributed by atoms with Crippen LogP contribution < -0.4 is 10.1 Å². The lowest BCUT2D eigenvalue weighted by molar-refractivity contribution is -0.118. The largest absolute Gasteiger partial charge is 0.489 e. The molecule has 1 aliphatic carbocycles. The second-order valence-electron chi connectivity index (χ2n) is 9.89. The summed E-state index contributed by atoms with van der Waals surface area (Å²) >= 11 is 0. The summed E-state index contributed by atoms with van der Waals surface area (Å²) < 4.78 is 6.25. The zero-order valence-electron chi connectivity index (χ0n) is 20.8. The van der Waals surface area contributed by atoms with Crippen LogP contribution in [0.3, 0.4) is 0 Å². The van der Waals surface area contributed by atoms with E-state index in [4.69, 9.17) is 4.74 Å². The molecule has 0 saturated heterocycles. The number of nitrogens with one attached hydrogen (secondary N) is 1. The Morgan fingerprint density at radius 3 is 2.49 bits per heavy atom. The third kappa shape index (κ3) is 4.61. The maximum atomic E-state index is 13.0. The number of amides is 1. The van der Waals surface area contributed by atoms with Crippen LogP contribution in [0, 0.1) is 17.2 Å². The fourth-order valence-corrected chi connectivity index (χ4v) is 5.39. The van der Waals surface area contributed by atoms with Crippen LogP contribution in [-0.2, 0) is 17.8 Å². The Morgan fingerprint density at radius 1 is 1.11 bits per heavy atom. The summed E-state index contributed by atoms with van der Waals surface area (Å²) in [6, 6.07) is 22.6. The Balaban J connectivity index is 1.44. The number of nitrogens with zero attached hydrogens (tertiary/aromatic N) is 1. The standard InChI is InChI=1S/C31H28N2O4/c1-18(2)20-8-6-19(7-9-20)17-37-27-5-3-4-24-23(27)14-15-25-28(26(16-32)30(34)33-29(24)25)21-10-12-22(13-11-21)31(35)36/h3-13,18,25,29H,14-15,17H2,1-2H3,(H,33,34)(H,35,36). The zero-order chi connectivity index (χ0) is 26.1. The molecule has 6 nitrogen and oxygen atoms in total. The van der Waals surface area contributed by atoms with Gasteiger partial charge in [0.1, 0.15) is 24.0 Å². The first-order chi connectivity index (χ1) is 17.9. The van der Waals surface area contributed by atoms with Gasteiger partial charge in [-0.15, -0.1) is 0 Å². The number of carbonyl (C=O) groups excluding carboxylic acids is 1. The number of rotatable bonds is 6. The minimum absolute atomic E-state index is 0.0880. The molecule has 1 amide bonds. The van der Waals surface area contributed by atoms with Gasteiger partial charge < -0.3 is 15.2 Å². The summed E-state index contributed by atoms with van der Waals surface area (Å²) in [7, 11) is 0. The number of carbonyl (C=O) groups is 2. The number of ether oxygens (including phenoxy) is 1. The normalized spacial score (nSPS) is 18.5. The van der Waals surface area contributed by atoms with Crippen molar-refractivity contribution in [2.75, 3.05) is 0 Å². The molecule has 37 heavy (non-hydrogen) atoms. The fourth-order valence-electron chi connectivity index (χ4n) is 5.39. The van der Waals surface area contributed by atoms with E-state index in [-0.39, 0.29) is 23.1 Å². The van der Waals surface area contributed by atoms with Gasteiger partial charge >= 0.3 is 5.97 Å². The van der Waals surface area contributed by atoms with E-state index in [9.17, 15) is 20.0 Å². The highest BCUT2D eigenvalue weighted by atomic mass is 16.5. The number of benzene rings is 3. The number of hydrogen-bond donors (Lipinski definition) is 2. The predicted molar refractivity (Wildman–Crippen MR) is 140 cm³/mol. The Labute approximate surface area is 216 Å². The van der Waals surface area contributed by atoms with E-state index in [0.29, 0.717) is 23.7 Å². The maximum Gasteiger partial charge on any atom is 0.335 e. The second-order valence-corrected chi connectivity index (χ2v) is 9.89. The van der Waals surface area contributed by atoms with Crippen LogP contribution in [-0.4, -0.2) is 17.0 Å². The van der Waals surface area contributed by atoms with E-state index in [2.05, 4.69) is 49.5 Å². The average molecular weight is 493 g/mol. The molecule has 0 radical (unpaired) electrons. The van der Waals surface area contributed by atoms with Crippen molar-refractivity contribution < 1.29 is 19.4 Å². The first-order valence-electron chi connectivity index (χ1n) is 12.5. The van der Waals surface area contributed by atoms with Gasteiger partial charge in [0.2, 0.25) is 0 Å². The predicted octanol–water partition coefficient (Wildman–Crippen LogP) is 5.80. The summed E-state index contributed by atoms with van der Waals surface area (Å²) in [5.74, 6) is -0.249. The molecule has 5 rings (SSSR count). The maximum absolute atomic E-state index is 13.0. The van der Waals surface area contributed by atoms with E-state index >= 15 is 0 Å². The number of carboxylic acids is 1. The number of fused-ring (bicyclic) bond motifs is 3. The lowest BCUT2D eigenvalue weighted by Gasteiger charge is -2.39. The molecule has 3 aromatic rings. The molecule has 0 bridgehead atoms. The van der Waals surface area contributed by atoms with Gasteiger partial charge in [-0.25, -0.2) is 4.79 Å². The number of nitriles is 1. The minimum Gasteiger partial charge on any atom is -0.489 e. The summed E-state index contributed by atoms with van der Waals surface area (Å²) in [5, 5.41) is 22.1. The van der Waals surface area contributed by atoms with Gasteiger partial charge in [0.05, 0.1) is 11.6 Å². The molecule has 0 saturated carbocycles. The molecule has 2 unspecified atom stereocenters. The number of aromatic carboxylic acids is 1. The zero-order valence-corrected chi connectivity index (χ0v) is 20.8. The average Bonchev–Trinajstić information content (AvgIpc) is 2.91. The monoisotopic (exact) mass is 492 g/mol. The van der Waals surface area contributed by atoms with Crippen molar-refractivity contribution in [1.29, 1.82) is 5.26 Å². The summed E-state index contributed by atoms with van der Waals surface area (Å²) in [6.07, 6.45) is 1.47. The highest BCUT2D eigenvalue weighted by molar-refractivity contribution is 6.07. The van der Waals surface area contributed by atoms with Crippen molar-refractivity contribution in [3.8, 4) is 11.8 Å². The van der Waals surface area contributed by atoms with Crippen LogP contribution in [0.25, 0.3) is 5.57 Å². The SMILES string of the molecule is CC(C)c1ccc(COc2cccc3c2CCC2C(c4ccc(C(=O)O)cc4)=C(C#N)C(=O)NC32)cc1. The molecule has 2 aliphatic rings. The Hall–Kier alpha value is -4.37. The van der Waals surface area contributed by atoms with Crippen LogP contribution in [0.15, 0.2) is 72.3 Å². The van der Waals surface area contributed by atoms with Crippen LogP contribution >= 0.6 is 0 Å². The Kier molecular flexibility index (Phi) is 6.54. The van der Waals surface area contributed by atoms with E-state index in [1.165, 1.54) is 17.7 Å². The Bertz CT molecular complexity index is 1430. The molecule has 3 aromatic carbocycles. The molecular weight excluding hydrogens is 464 g/mol. The molecule has 0 fully saturated rings. The van der Waals surface area contributed by atoms with Crippen LogP contribution in [0.2, 0.25) is 0 Å². The molecule has 1 heterocycles. The molecule has 0 aromatic heterocycles. The second kappa shape index (κ2) is 9.94. The molecule has 2 N–H and O–H groups in total. The van der Waals surface area contributed by atoms with Crippen LogP contribution in [0.4, 0.5) is 0 Å². The summed E-state index contributed by atoms with van der Waals surface area (Å²) in [6.45, 7) is 4.80. The van der Waals surface area contributed by atoms with Gasteiger partial charge in [0, 0.05) is 5.92 Å². The lowest BCUT2D eigenvalue weighted by Crippen LogP contribution is -2.42. The van der Waals surface area contributed by atoms with Gasteiger partial charge in [-0.2, -0.15) is 5.26 Å². The smallest absolute Gasteiger partial charge is 0.335 e. The molecule has 2 atom stereocenters. The van der Waals surface area contributed by atoms with E-state index < -0.39 is 11.9 Å². The van der Waals surface area contributed by atoms with E-state index in [1.807, 2.05) is 18.2 Å². The van der Waals surface area contributed by atoms with Crippen molar-refractivity contribution in [1.82, 2.24) is 5.32 Å². The molecule has 0 spiro atoms. The number of carboxylic acid groups (broad SMARTS) is 1. The van der Waals surface area contributed by atoms with Gasteiger partial charge in [-0.3, -0.25) is 4.79 Å². The lowest BCUT2D eigenvalue weighted by atomic mass is 9.71. The van der Waals surface area contributed by atoms with Gasteiger partial charge in [-0.1, -0.05) is 62.4 Å². The first-order valence-corrected chi connectivity index (χ1v) is 12.5. The third-order valence-corrected chi connectivity index (χ3v) is 7.36. The van der Waals surface area contributed by atoms with E-state index in [1.54, 1.807) is 12.1 Å². The summed E-state index contributed by atoms with van der Waals surface area (Å²) in [4.78, 5) is 24.3. The highest BCUT2D eigenvalue weighted by Crippen LogP contribution is 2.47. The molecule has 186 valence electrons. The summed E-state index contributed by atoms with van der Waals surface area (Å²) in [5.41, 5.74) is 6.08. The number of hydrogen-bond acceptors (Lipinski definition) is 4. The first kappa shape index (κ1) is 24.3. The molecular formula is C31H28N2O4. The van der Waals surface area contributed by atoms with Crippen molar-refractivity contribution in [3.05, 3.63) is 106 Å². The topological polar surface area (TPSA) is 99.4 Å². The highest BCUT2D eigenvalue weighted by Gasteiger charge is 2.41. The van der Waals surface area contributed by atoms with Crippen molar-refractivity contribution >= 4 is 17.4 Å². The third-order valence-electron chi connectivity index (χ3n) is 7.36. The van der Waals surface area contributed by atoms with Gasteiger partial charge in [-0.05, 0) is 70.3 Å². The van der Waals surface area contributed by atoms with E-state index in [0.717, 1.165) is 35.3 Å². The molecule has 6 heteroatoms. The fraction of sp³-hybridized carbons (Fsp3) is 0.258. The van der Waals surface area contributed by atoms with Gasteiger partial charge in [0.15, 0.2) is 0 Å². The quantitative estimate of drug-likeness (QED) is 0.453. The molecule has 1 aliphatic heterocycles. The van der Waals surface area contributed by atoms with Crippen LogP contribution in [0.1, 0.15) is 70.4 Å².